The van der Waals surface area contributed by atoms with Crippen molar-refractivity contribution in [3.8, 4) is 0 Å². The molecule has 0 radical (unpaired) electrons. The second-order valence-electron chi connectivity index (χ2n) is 5.16. The molecule has 0 spiro atoms. The monoisotopic (exact) mass is 275 g/mol. The van der Waals surface area contributed by atoms with E-state index in [4.69, 9.17) is 0 Å². The predicted octanol–water partition coefficient (Wildman–Crippen LogP) is 4.20. The van der Waals surface area contributed by atoms with Gasteiger partial charge < -0.3 is 5.32 Å². The maximum atomic E-state index is 14.0. The molecule has 1 atom stereocenters. The topological polar surface area (TPSA) is 12.0 Å². The summed E-state index contributed by atoms with van der Waals surface area (Å²) in [4.78, 5) is 0. The maximum absolute atomic E-state index is 14.0. The largest absolute Gasteiger partial charge is 0.309 e. The average Bonchev–Trinajstić information content (AvgIpc) is 2.41. The molecule has 106 valence electrons. The lowest BCUT2D eigenvalue weighted by Crippen LogP contribution is -2.20. The SMILES string of the molecule is CNC(c1cc(C)c(C)cc1C)c1cccc(F)c1F. The van der Waals surface area contributed by atoms with Gasteiger partial charge in [0.1, 0.15) is 0 Å². The van der Waals surface area contributed by atoms with Crippen LogP contribution in [-0.2, 0) is 0 Å². The van der Waals surface area contributed by atoms with Crippen molar-refractivity contribution >= 4 is 0 Å². The van der Waals surface area contributed by atoms with E-state index >= 15 is 0 Å². The Morgan fingerprint density at radius 1 is 0.900 bits per heavy atom. The number of nitrogens with one attached hydrogen (secondary N) is 1. The molecule has 0 fully saturated rings. The summed E-state index contributed by atoms with van der Waals surface area (Å²) >= 11 is 0. The van der Waals surface area contributed by atoms with Crippen LogP contribution in [0.15, 0.2) is 30.3 Å². The fourth-order valence-electron chi connectivity index (χ4n) is 2.52. The summed E-state index contributed by atoms with van der Waals surface area (Å²) < 4.78 is 27.5. The first-order valence-electron chi connectivity index (χ1n) is 6.64. The Morgan fingerprint density at radius 3 is 2.20 bits per heavy atom. The predicted molar refractivity (Wildman–Crippen MR) is 77.9 cm³/mol. The number of halogens is 2. The Labute approximate surface area is 118 Å². The first-order chi connectivity index (χ1) is 9.45. The summed E-state index contributed by atoms with van der Waals surface area (Å²) in [6.45, 7) is 6.06. The Morgan fingerprint density at radius 2 is 1.55 bits per heavy atom. The van der Waals surface area contributed by atoms with Gasteiger partial charge in [-0.25, -0.2) is 8.78 Å². The molecule has 0 aliphatic carbocycles. The molecule has 0 saturated heterocycles. The number of hydrogen-bond acceptors (Lipinski definition) is 1. The Hall–Kier alpha value is -1.74. The minimum Gasteiger partial charge on any atom is -0.309 e. The average molecular weight is 275 g/mol. The van der Waals surface area contributed by atoms with Gasteiger partial charge in [0.25, 0.3) is 0 Å². The van der Waals surface area contributed by atoms with Gasteiger partial charge in [0.05, 0.1) is 6.04 Å². The zero-order valence-electron chi connectivity index (χ0n) is 12.2. The summed E-state index contributed by atoms with van der Waals surface area (Å²) in [5, 5.41) is 3.08. The van der Waals surface area contributed by atoms with Crippen LogP contribution in [-0.4, -0.2) is 7.05 Å². The number of benzene rings is 2. The molecule has 20 heavy (non-hydrogen) atoms. The molecule has 2 aromatic rings. The molecule has 0 bridgehead atoms. The molecular weight excluding hydrogens is 256 g/mol. The quantitative estimate of drug-likeness (QED) is 0.885. The van der Waals surface area contributed by atoms with E-state index in [9.17, 15) is 8.78 Å². The van der Waals surface area contributed by atoms with E-state index in [1.54, 1.807) is 13.1 Å². The van der Waals surface area contributed by atoms with Crippen LogP contribution in [0.25, 0.3) is 0 Å². The van der Waals surface area contributed by atoms with E-state index < -0.39 is 11.6 Å². The van der Waals surface area contributed by atoms with Gasteiger partial charge in [0.2, 0.25) is 0 Å². The highest BCUT2D eigenvalue weighted by Gasteiger charge is 2.20. The minimum atomic E-state index is -0.816. The molecule has 1 N–H and O–H groups in total. The first kappa shape index (κ1) is 14.7. The van der Waals surface area contributed by atoms with E-state index in [0.29, 0.717) is 5.56 Å². The smallest absolute Gasteiger partial charge is 0.163 e. The second kappa shape index (κ2) is 5.71. The van der Waals surface area contributed by atoms with Crippen molar-refractivity contribution in [2.24, 2.45) is 0 Å². The van der Waals surface area contributed by atoms with Crippen LogP contribution in [0, 0.1) is 32.4 Å². The molecule has 0 amide bonds. The first-order valence-corrected chi connectivity index (χ1v) is 6.64. The third-order valence-electron chi connectivity index (χ3n) is 3.77. The van der Waals surface area contributed by atoms with Crippen LogP contribution in [0.4, 0.5) is 8.78 Å². The normalized spacial score (nSPS) is 12.5. The van der Waals surface area contributed by atoms with Crippen molar-refractivity contribution in [3.05, 3.63) is 69.8 Å². The Balaban J connectivity index is 2.58. The van der Waals surface area contributed by atoms with Gasteiger partial charge in [-0.05, 0) is 56.1 Å². The van der Waals surface area contributed by atoms with Crippen LogP contribution in [0.2, 0.25) is 0 Å². The number of aryl methyl sites for hydroxylation is 3. The summed E-state index contributed by atoms with van der Waals surface area (Å²) in [7, 11) is 1.75. The van der Waals surface area contributed by atoms with E-state index in [1.807, 2.05) is 26.8 Å². The van der Waals surface area contributed by atoms with Crippen LogP contribution in [0.3, 0.4) is 0 Å². The van der Waals surface area contributed by atoms with E-state index in [0.717, 1.165) is 22.8 Å². The Kier molecular flexibility index (Phi) is 4.19. The fourth-order valence-corrected chi connectivity index (χ4v) is 2.52. The van der Waals surface area contributed by atoms with Crippen molar-refractivity contribution in [2.45, 2.75) is 26.8 Å². The van der Waals surface area contributed by atoms with Gasteiger partial charge in [0, 0.05) is 5.56 Å². The Bertz CT molecular complexity index is 635. The molecular formula is C17H19F2N. The molecule has 3 heteroatoms. The lowest BCUT2D eigenvalue weighted by Gasteiger charge is -2.21. The highest BCUT2D eigenvalue weighted by molar-refractivity contribution is 5.42. The fraction of sp³-hybridized carbons (Fsp3) is 0.294. The van der Waals surface area contributed by atoms with Gasteiger partial charge >= 0.3 is 0 Å². The molecule has 1 unspecified atom stereocenters. The number of hydrogen-bond donors (Lipinski definition) is 1. The molecule has 1 nitrogen and oxygen atoms in total. The van der Waals surface area contributed by atoms with Crippen LogP contribution in [0.1, 0.15) is 33.9 Å². The van der Waals surface area contributed by atoms with Crippen molar-refractivity contribution in [3.63, 3.8) is 0 Å². The minimum absolute atomic E-state index is 0.332. The lowest BCUT2D eigenvalue weighted by atomic mass is 9.91. The van der Waals surface area contributed by atoms with Crippen LogP contribution < -0.4 is 5.32 Å². The molecule has 0 heterocycles. The van der Waals surface area contributed by atoms with Gasteiger partial charge in [-0.3, -0.25) is 0 Å². The number of rotatable bonds is 3. The van der Waals surface area contributed by atoms with Crippen molar-refractivity contribution in [1.29, 1.82) is 0 Å². The zero-order chi connectivity index (χ0) is 14.9. The third-order valence-corrected chi connectivity index (χ3v) is 3.77. The molecule has 0 aliphatic heterocycles. The highest BCUT2D eigenvalue weighted by atomic mass is 19.2. The zero-order valence-corrected chi connectivity index (χ0v) is 12.2. The van der Waals surface area contributed by atoms with Crippen LogP contribution in [0.5, 0.6) is 0 Å². The molecule has 0 saturated carbocycles. The van der Waals surface area contributed by atoms with E-state index in [-0.39, 0.29) is 6.04 Å². The van der Waals surface area contributed by atoms with Crippen LogP contribution >= 0.6 is 0 Å². The third kappa shape index (κ3) is 2.59. The van der Waals surface area contributed by atoms with E-state index in [2.05, 4.69) is 11.4 Å². The molecule has 0 aromatic heterocycles. The lowest BCUT2D eigenvalue weighted by molar-refractivity contribution is 0.487. The molecule has 2 rings (SSSR count). The standard InChI is InChI=1S/C17H19F2N/c1-10-8-12(3)14(9-11(10)2)17(20-4)13-6-5-7-15(18)16(13)19/h5-9,17,20H,1-4H3. The van der Waals surface area contributed by atoms with Gasteiger partial charge in [-0.1, -0.05) is 24.3 Å². The summed E-state index contributed by atoms with van der Waals surface area (Å²) in [6.07, 6.45) is 0. The summed E-state index contributed by atoms with van der Waals surface area (Å²) in [5.74, 6) is -1.60. The van der Waals surface area contributed by atoms with Crippen molar-refractivity contribution < 1.29 is 8.78 Å². The van der Waals surface area contributed by atoms with Crippen molar-refractivity contribution in [1.82, 2.24) is 5.32 Å². The molecule has 2 aromatic carbocycles. The van der Waals surface area contributed by atoms with Gasteiger partial charge in [0.15, 0.2) is 11.6 Å². The van der Waals surface area contributed by atoms with Crippen molar-refractivity contribution in [2.75, 3.05) is 7.05 Å². The summed E-state index contributed by atoms with van der Waals surface area (Å²) in [6, 6.07) is 8.05. The second-order valence-corrected chi connectivity index (χ2v) is 5.16. The highest BCUT2D eigenvalue weighted by Crippen LogP contribution is 2.29. The molecule has 0 aliphatic rings. The van der Waals surface area contributed by atoms with Gasteiger partial charge in [-0.15, -0.1) is 0 Å². The summed E-state index contributed by atoms with van der Waals surface area (Å²) in [5.41, 5.74) is 4.71. The van der Waals surface area contributed by atoms with E-state index in [1.165, 1.54) is 11.6 Å². The maximum Gasteiger partial charge on any atom is 0.163 e. The van der Waals surface area contributed by atoms with Gasteiger partial charge in [-0.2, -0.15) is 0 Å².